The number of rotatable bonds is 7. The second kappa shape index (κ2) is 9.54. The molecule has 1 N–H and O–H groups in total. The predicted octanol–water partition coefficient (Wildman–Crippen LogP) is 4.18. The van der Waals surface area contributed by atoms with Gasteiger partial charge in [0.05, 0.1) is 34.4 Å². The number of halogens is 2. The second-order valence-corrected chi connectivity index (χ2v) is 7.06. The molecule has 3 aromatic rings. The highest BCUT2D eigenvalue weighted by Crippen LogP contribution is 2.25. The quantitative estimate of drug-likeness (QED) is 0.565. The zero-order valence-corrected chi connectivity index (χ0v) is 17.0. The molecule has 0 bridgehead atoms. The fourth-order valence-electron chi connectivity index (χ4n) is 2.61. The molecular weight excluding hydrogens is 415 g/mol. The Hall–Kier alpha value is -2.90. The van der Waals surface area contributed by atoms with Crippen LogP contribution in [0, 0.1) is 0 Å². The number of aromatic nitrogens is 3. The van der Waals surface area contributed by atoms with E-state index < -0.39 is 11.8 Å². The van der Waals surface area contributed by atoms with Gasteiger partial charge in [-0.15, -0.1) is 0 Å². The van der Waals surface area contributed by atoms with Gasteiger partial charge in [0.1, 0.15) is 6.61 Å². The van der Waals surface area contributed by atoms with Gasteiger partial charge in [0.2, 0.25) is 0 Å². The van der Waals surface area contributed by atoms with Gasteiger partial charge < -0.3 is 14.6 Å². The number of benzene rings is 1. The van der Waals surface area contributed by atoms with Gasteiger partial charge in [0.25, 0.3) is 5.91 Å². The molecule has 0 radical (unpaired) electrons. The SMILES string of the molecule is CC(C(=O)OCCn1ccnc1)c1ccc(NC(=O)c2c(Cl)cncc2Cl)cc1. The number of carbonyl (C=O) groups excluding carboxylic acids is 2. The van der Waals surface area contributed by atoms with Crippen LogP contribution in [0.15, 0.2) is 55.4 Å². The van der Waals surface area contributed by atoms with Crippen LogP contribution >= 0.6 is 23.2 Å². The van der Waals surface area contributed by atoms with E-state index >= 15 is 0 Å². The number of imidazole rings is 1. The average Bonchev–Trinajstić information content (AvgIpc) is 3.21. The Bertz CT molecular complexity index is 971. The molecule has 1 amide bonds. The molecule has 0 spiro atoms. The summed E-state index contributed by atoms with van der Waals surface area (Å²) in [6.45, 7) is 2.58. The number of pyridine rings is 1. The monoisotopic (exact) mass is 432 g/mol. The molecule has 7 nitrogen and oxygen atoms in total. The minimum Gasteiger partial charge on any atom is -0.463 e. The highest BCUT2D eigenvalue weighted by molar-refractivity contribution is 6.40. The Kier molecular flexibility index (Phi) is 6.85. The molecule has 1 aromatic carbocycles. The van der Waals surface area contributed by atoms with Gasteiger partial charge in [-0.1, -0.05) is 35.3 Å². The topological polar surface area (TPSA) is 86.1 Å². The van der Waals surface area contributed by atoms with Gasteiger partial charge in [-0.05, 0) is 24.6 Å². The van der Waals surface area contributed by atoms with E-state index in [-0.39, 0.29) is 28.2 Å². The van der Waals surface area contributed by atoms with Crippen molar-refractivity contribution in [2.24, 2.45) is 0 Å². The zero-order chi connectivity index (χ0) is 20.8. The molecule has 0 aliphatic rings. The van der Waals surface area contributed by atoms with Crippen LogP contribution in [-0.4, -0.2) is 33.0 Å². The van der Waals surface area contributed by atoms with Crippen molar-refractivity contribution in [2.45, 2.75) is 19.4 Å². The third-order valence-corrected chi connectivity index (χ3v) is 4.83. The minimum absolute atomic E-state index is 0.155. The van der Waals surface area contributed by atoms with Crippen molar-refractivity contribution < 1.29 is 14.3 Å². The van der Waals surface area contributed by atoms with Gasteiger partial charge in [-0.25, -0.2) is 4.98 Å². The van der Waals surface area contributed by atoms with Crippen molar-refractivity contribution in [3.8, 4) is 0 Å². The summed E-state index contributed by atoms with van der Waals surface area (Å²) in [5.41, 5.74) is 1.47. The Balaban J connectivity index is 1.57. The molecule has 0 fully saturated rings. The first-order chi connectivity index (χ1) is 14.0. The Morgan fingerprint density at radius 2 is 1.83 bits per heavy atom. The van der Waals surface area contributed by atoms with Crippen LogP contribution in [0.3, 0.4) is 0 Å². The van der Waals surface area contributed by atoms with E-state index in [0.29, 0.717) is 12.2 Å². The fraction of sp³-hybridized carbons (Fsp3) is 0.200. The predicted molar refractivity (Wildman–Crippen MR) is 110 cm³/mol. The van der Waals surface area contributed by atoms with Gasteiger partial charge in [0.15, 0.2) is 0 Å². The fourth-order valence-corrected chi connectivity index (χ4v) is 3.14. The summed E-state index contributed by atoms with van der Waals surface area (Å²) >= 11 is 12.0. The maximum atomic E-state index is 12.4. The van der Waals surface area contributed by atoms with Crippen LogP contribution < -0.4 is 5.32 Å². The molecule has 0 aliphatic heterocycles. The minimum atomic E-state index is -0.442. The molecule has 1 unspecified atom stereocenters. The standard InChI is InChI=1S/C20H18Cl2N4O3/c1-13(20(28)29-9-8-26-7-6-23-12-26)14-2-4-15(5-3-14)25-19(27)18-16(21)10-24-11-17(18)22/h2-7,10-13H,8-9H2,1H3,(H,25,27). The number of anilines is 1. The maximum absolute atomic E-state index is 12.4. The van der Waals surface area contributed by atoms with Crippen LogP contribution in [0.5, 0.6) is 0 Å². The third kappa shape index (κ3) is 5.34. The Morgan fingerprint density at radius 1 is 1.14 bits per heavy atom. The Morgan fingerprint density at radius 3 is 2.45 bits per heavy atom. The smallest absolute Gasteiger partial charge is 0.313 e. The van der Waals surface area contributed by atoms with Crippen LogP contribution in [0.25, 0.3) is 0 Å². The molecule has 2 heterocycles. The van der Waals surface area contributed by atoms with Crippen molar-refractivity contribution in [2.75, 3.05) is 11.9 Å². The van der Waals surface area contributed by atoms with Gasteiger partial charge in [-0.3, -0.25) is 14.6 Å². The van der Waals surface area contributed by atoms with E-state index in [0.717, 1.165) is 5.56 Å². The normalized spacial score (nSPS) is 11.7. The molecule has 3 rings (SSSR count). The van der Waals surface area contributed by atoms with E-state index in [1.807, 2.05) is 4.57 Å². The molecule has 150 valence electrons. The molecule has 1 atom stereocenters. The summed E-state index contributed by atoms with van der Waals surface area (Å²) in [6.07, 6.45) is 7.84. The molecule has 0 saturated heterocycles. The van der Waals surface area contributed by atoms with Crippen molar-refractivity contribution in [3.05, 3.63) is 76.6 Å². The van der Waals surface area contributed by atoms with E-state index in [2.05, 4.69) is 15.3 Å². The summed E-state index contributed by atoms with van der Waals surface area (Å²) in [5, 5.41) is 3.06. The average molecular weight is 433 g/mol. The summed E-state index contributed by atoms with van der Waals surface area (Å²) < 4.78 is 7.15. The molecule has 0 aliphatic carbocycles. The molecule has 29 heavy (non-hydrogen) atoms. The first-order valence-electron chi connectivity index (χ1n) is 8.78. The third-order valence-electron chi connectivity index (χ3n) is 4.26. The molecule has 9 heteroatoms. The number of hydrogen-bond acceptors (Lipinski definition) is 5. The highest BCUT2D eigenvalue weighted by Gasteiger charge is 2.18. The number of nitrogens with one attached hydrogen (secondary N) is 1. The van der Waals surface area contributed by atoms with E-state index in [4.69, 9.17) is 27.9 Å². The summed E-state index contributed by atoms with van der Waals surface area (Å²) in [5.74, 6) is -1.20. The van der Waals surface area contributed by atoms with Crippen LogP contribution in [0.4, 0.5) is 5.69 Å². The van der Waals surface area contributed by atoms with Crippen molar-refractivity contribution in [1.82, 2.24) is 14.5 Å². The Labute approximate surface area is 177 Å². The van der Waals surface area contributed by atoms with Crippen molar-refractivity contribution in [3.63, 3.8) is 0 Å². The second-order valence-electron chi connectivity index (χ2n) is 6.24. The van der Waals surface area contributed by atoms with Gasteiger partial charge in [-0.2, -0.15) is 0 Å². The summed E-state index contributed by atoms with van der Waals surface area (Å²) in [7, 11) is 0. The number of carbonyl (C=O) groups is 2. The van der Waals surface area contributed by atoms with E-state index in [1.54, 1.807) is 49.9 Å². The lowest BCUT2D eigenvalue weighted by Gasteiger charge is -2.13. The number of hydrogen-bond donors (Lipinski definition) is 1. The van der Waals surface area contributed by atoms with Crippen molar-refractivity contribution >= 4 is 40.8 Å². The first kappa shape index (κ1) is 20.8. The molecule has 2 aromatic heterocycles. The zero-order valence-electron chi connectivity index (χ0n) is 15.5. The number of amides is 1. The summed E-state index contributed by atoms with van der Waals surface area (Å²) in [4.78, 5) is 32.4. The molecule has 0 saturated carbocycles. The first-order valence-corrected chi connectivity index (χ1v) is 9.54. The lowest BCUT2D eigenvalue weighted by molar-refractivity contribution is -0.145. The molecular formula is C20H18Cl2N4O3. The summed E-state index contributed by atoms with van der Waals surface area (Å²) in [6, 6.07) is 6.91. The highest BCUT2D eigenvalue weighted by atomic mass is 35.5. The lowest BCUT2D eigenvalue weighted by atomic mass is 10.0. The number of ether oxygens (including phenoxy) is 1. The van der Waals surface area contributed by atoms with E-state index in [9.17, 15) is 9.59 Å². The number of nitrogens with zero attached hydrogens (tertiary/aromatic N) is 3. The van der Waals surface area contributed by atoms with Crippen molar-refractivity contribution in [1.29, 1.82) is 0 Å². The van der Waals surface area contributed by atoms with Gasteiger partial charge >= 0.3 is 5.97 Å². The van der Waals surface area contributed by atoms with Gasteiger partial charge in [0, 0.05) is 30.5 Å². The van der Waals surface area contributed by atoms with Crippen LogP contribution in [-0.2, 0) is 16.1 Å². The van der Waals surface area contributed by atoms with E-state index in [1.165, 1.54) is 12.4 Å². The number of esters is 1. The van der Waals surface area contributed by atoms with Crippen LogP contribution in [0.2, 0.25) is 10.0 Å². The largest absolute Gasteiger partial charge is 0.463 e. The van der Waals surface area contributed by atoms with Crippen LogP contribution in [0.1, 0.15) is 28.8 Å². The lowest BCUT2D eigenvalue weighted by Crippen LogP contribution is -2.16. The maximum Gasteiger partial charge on any atom is 0.313 e.